The second-order valence-electron chi connectivity index (χ2n) is 2.89. The number of carbonyl (C=O) groups is 1. The summed E-state index contributed by atoms with van der Waals surface area (Å²) in [6.07, 6.45) is 0. The quantitative estimate of drug-likeness (QED) is 0.795. The van der Waals surface area contributed by atoms with E-state index in [9.17, 15) is 9.18 Å². The van der Waals surface area contributed by atoms with Gasteiger partial charge in [-0.2, -0.15) is 0 Å². The van der Waals surface area contributed by atoms with Crippen molar-refractivity contribution in [2.45, 2.75) is 13.0 Å². The Morgan fingerprint density at radius 1 is 1.64 bits per heavy atom. The Morgan fingerprint density at radius 2 is 2.21 bits per heavy atom. The smallest absolute Gasteiger partial charge is 0.325 e. The average Bonchev–Trinajstić information content (AvgIpc) is 2.13. The van der Waals surface area contributed by atoms with Crippen LogP contribution in [0.5, 0.6) is 0 Å². The summed E-state index contributed by atoms with van der Waals surface area (Å²) in [6.45, 7) is 1.44. The van der Waals surface area contributed by atoms with Crippen molar-refractivity contribution in [2.75, 3.05) is 0 Å². The van der Waals surface area contributed by atoms with Gasteiger partial charge < -0.3 is 10.8 Å². The first-order valence-corrected chi connectivity index (χ1v) is 4.26. The molecule has 76 valence electrons. The van der Waals surface area contributed by atoms with Crippen molar-refractivity contribution in [3.05, 3.63) is 34.1 Å². The number of carboxylic acid groups (broad SMARTS) is 1. The van der Waals surface area contributed by atoms with E-state index >= 15 is 0 Å². The van der Waals surface area contributed by atoms with E-state index in [1.165, 1.54) is 19.1 Å². The number of hydrogen-bond donors (Lipinski definition) is 2. The Morgan fingerprint density at radius 3 is 2.71 bits per heavy atom. The molecular formula is C9H9ClFNO2. The summed E-state index contributed by atoms with van der Waals surface area (Å²) in [4.78, 5) is 10.6. The number of benzene rings is 1. The van der Waals surface area contributed by atoms with Crippen LogP contribution in [0, 0.1) is 12.7 Å². The second-order valence-corrected chi connectivity index (χ2v) is 3.30. The molecule has 0 saturated carbocycles. The summed E-state index contributed by atoms with van der Waals surface area (Å²) in [5.41, 5.74) is 5.76. The van der Waals surface area contributed by atoms with Gasteiger partial charge in [-0.25, -0.2) is 4.39 Å². The van der Waals surface area contributed by atoms with Crippen LogP contribution in [0.4, 0.5) is 4.39 Å². The summed E-state index contributed by atoms with van der Waals surface area (Å²) in [5.74, 6) is -1.82. The summed E-state index contributed by atoms with van der Waals surface area (Å²) in [6, 6.07) is 1.49. The molecule has 3 N–H and O–H groups in total. The fraction of sp³-hybridized carbons (Fsp3) is 0.222. The lowest BCUT2D eigenvalue weighted by Gasteiger charge is -2.11. The minimum atomic E-state index is -1.22. The molecular weight excluding hydrogens is 209 g/mol. The van der Waals surface area contributed by atoms with Crippen LogP contribution in [0.2, 0.25) is 5.02 Å². The predicted molar refractivity (Wildman–Crippen MR) is 50.7 cm³/mol. The van der Waals surface area contributed by atoms with Crippen LogP contribution < -0.4 is 5.73 Å². The third-order valence-electron chi connectivity index (χ3n) is 1.98. The van der Waals surface area contributed by atoms with Crippen molar-refractivity contribution in [3.63, 3.8) is 0 Å². The van der Waals surface area contributed by atoms with E-state index in [1.54, 1.807) is 0 Å². The molecule has 1 aromatic rings. The highest BCUT2D eigenvalue weighted by atomic mass is 35.5. The van der Waals surface area contributed by atoms with Crippen LogP contribution in [0.15, 0.2) is 12.1 Å². The Labute approximate surface area is 85.3 Å². The van der Waals surface area contributed by atoms with Crippen molar-refractivity contribution in [3.8, 4) is 0 Å². The third-order valence-corrected chi connectivity index (χ3v) is 2.27. The first-order valence-electron chi connectivity index (χ1n) is 3.88. The minimum absolute atomic E-state index is 0.0381. The van der Waals surface area contributed by atoms with Crippen LogP contribution in [-0.4, -0.2) is 11.1 Å². The normalized spacial score (nSPS) is 12.6. The lowest BCUT2D eigenvalue weighted by Crippen LogP contribution is -2.21. The molecule has 0 amide bonds. The number of nitrogens with two attached hydrogens (primary N) is 1. The Balaban J connectivity index is 3.24. The van der Waals surface area contributed by atoms with Gasteiger partial charge in [0.05, 0.1) is 5.02 Å². The molecule has 0 saturated heterocycles. The number of hydrogen-bond acceptors (Lipinski definition) is 2. The second kappa shape index (κ2) is 3.94. The highest BCUT2D eigenvalue weighted by Crippen LogP contribution is 2.24. The fourth-order valence-electron chi connectivity index (χ4n) is 1.14. The zero-order valence-corrected chi connectivity index (χ0v) is 8.18. The van der Waals surface area contributed by atoms with Crippen LogP contribution in [0.1, 0.15) is 17.2 Å². The standard InChI is InChI=1S/C9H9ClFNO2/c1-4-5(8(12)9(13)14)2-3-6(10)7(4)11/h2-3,8H,12H2,1H3,(H,13,14). The maximum atomic E-state index is 13.2. The molecule has 1 rings (SSSR count). The largest absolute Gasteiger partial charge is 0.480 e. The van der Waals surface area contributed by atoms with E-state index in [-0.39, 0.29) is 16.1 Å². The van der Waals surface area contributed by atoms with Gasteiger partial charge in [0.1, 0.15) is 11.9 Å². The molecule has 0 aliphatic heterocycles. The van der Waals surface area contributed by atoms with Gasteiger partial charge >= 0.3 is 5.97 Å². The number of rotatable bonds is 2. The molecule has 0 aliphatic rings. The maximum Gasteiger partial charge on any atom is 0.325 e. The first kappa shape index (κ1) is 10.9. The van der Waals surface area contributed by atoms with E-state index < -0.39 is 17.8 Å². The third kappa shape index (κ3) is 1.86. The molecule has 0 fully saturated rings. The zero-order valence-electron chi connectivity index (χ0n) is 7.42. The molecule has 0 aliphatic carbocycles. The van der Waals surface area contributed by atoms with Gasteiger partial charge in [0.25, 0.3) is 0 Å². The molecule has 0 radical (unpaired) electrons. The molecule has 0 aromatic heterocycles. The SMILES string of the molecule is Cc1c(C(N)C(=O)O)ccc(Cl)c1F. The molecule has 0 heterocycles. The maximum absolute atomic E-state index is 13.2. The summed E-state index contributed by atoms with van der Waals surface area (Å²) < 4.78 is 13.2. The predicted octanol–water partition coefficient (Wildman–Crippen LogP) is 1.87. The van der Waals surface area contributed by atoms with Crippen molar-refractivity contribution >= 4 is 17.6 Å². The van der Waals surface area contributed by atoms with E-state index in [1.807, 2.05) is 0 Å². The number of halogens is 2. The van der Waals surface area contributed by atoms with Gasteiger partial charge in [-0.1, -0.05) is 17.7 Å². The van der Waals surface area contributed by atoms with Crippen LogP contribution in [-0.2, 0) is 4.79 Å². The summed E-state index contributed by atoms with van der Waals surface area (Å²) >= 11 is 5.51. The molecule has 1 aromatic carbocycles. The topological polar surface area (TPSA) is 63.3 Å². The van der Waals surface area contributed by atoms with E-state index in [4.69, 9.17) is 22.4 Å². The van der Waals surface area contributed by atoms with Crippen LogP contribution >= 0.6 is 11.6 Å². The van der Waals surface area contributed by atoms with Crippen LogP contribution in [0.25, 0.3) is 0 Å². The number of aliphatic carboxylic acids is 1. The van der Waals surface area contributed by atoms with Gasteiger partial charge in [-0.3, -0.25) is 4.79 Å². The van der Waals surface area contributed by atoms with Gasteiger partial charge in [-0.15, -0.1) is 0 Å². The van der Waals surface area contributed by atoms with E-state index in [2.05, 4.69) is 0 Å². The van der Waals surface area contributed by atoms with Crippen molar-refractivity contribution in [2.24, 2.45) is 5.73 Å². The van der Waals surface area contributed by atoms with Crippen molar-refractivity contribution < 1.29 is 14.3 Å². The molecule has 0 bridgehead atoms. The average molecular weight is 218 g/mol. The van der Waals surface area contributed by atoms with Crippen molar-refractivity contribution in [1.29, 1.82) is 0 Å². The highest BCUT2D eigenvalue weighted by Gasteiger charge is 2.19. The van der Waals surface area contributed by atoms with Gasteiger partial charge in [0.15, 0.2) is 0 Å². The van der Waals surface area contributed by atoms with Gasteiger partial charge in [0, 0.05) is 0 Å². The lowest BCUT2D eigenvalue weighted by atomic mass is 10.0. The van der Waals surface area contributed by atoms with E-state index in [0.29, 0.717) is 0 Å². The molecule has 5 heteroatoms. The monoisotopic (exact) mass is 217 g/mol. The zero-order chi connectivity index (χ0) is 10.9. The number of carboxylic acids is 1. The molecule has 0 spiro atoms. The lowest BCUT2D eigenvalue weighted by molar-refractivity contribution is -0.138. The Hall–Kier alpha value is -1.13. The summed E-state index contributed by atoms with van der Waals surface area (Å²) in [5, 5.41) is 8.60. The van der Waals surface area contributed by atoms with Gasteiger partial charge in [0.2, 0.25) is 0 Å². The van der Waals surface area contributed by atoms with Crippen molar-refractivity contribution in [1.82, 2.24) is 0 Å². The first-order chi connectivity index (χ1) is 6.45. The Kier molecular flexibility index (Phi) is 3.08. The molecule has 1 atom stereocenters. The minimum Gasteiger partial charge on any atom is -0.480 e. The summed E-state index contributed by atoms with van der Waals surface area (Å²) in [7, 11) is 0. The molecule has 14 heavy (non-hydrogen) atoms. The highest BCUT2D eigenvalue weighted by molar-refractivity contribution is 6.30. The fourth-order valence-corrected chi connectivity index (χ4v) is 1.34. The van der Waals surface area contributed by atoms with E-state index in [0.717, 1.165) is 0 Å². The molecule has 3 nitrogen and oxygen atoms in total. The van der Waals surface area contributed by atoms with Crippen LogP contribution in [0.3, 0.4) is 0 Å². The van der Waals surface area contributed by atoms with Gasteiger partial charge in [-0.05, 0) is 24.1 Å². The Bertz CT molecular complexity index is 381. The molecule has 1 unspecified atom stereocenters.